The van der Waals surface area contributed by atoms with E-state index in [0.29, 0.717) is 6.54 Å². The van der Waals surface area contributed by atoms with Gasteiger partial charge in [-0.15, -0.1) is 0 Å². The first-order chi connectivity index (χ1) is 13.0. The van der Waals surface area contributed by atoms with Gasteiger partial charge in [-0.25, -0.2) is 4.98 Å². The predicted octanol–water partition coefficient (Wildman–Crippen LogP) is 3.38. The van der Waals surface area contributed by atoms with Crippen LogP contribution >= 0.6 is 15.9 Å². The van der Waals surface area contributed by atoms with Crippen molar-refractivity contribution >= 4 is 27.5 Å². The van der Waals surface area contributed by atoms with Crippen LogP contribution in [0.3, 0.4) is 0 Å². The van der Waals surface area contributed by atoms with Crippen LogP contribution in [0.15, 0.2) is 46.3 Å². The maximum absolute atomic E-state index is 4.80. The van der Waals surface area contributed by atoms with Crippen LogP contribution in [0.4, 0.5) is 0 Å². The number of aromatic nitrogens is 3. The fourth-order valence-electron chi connectivity index (χ4n) is 3.11. The SMILES string of the molecule is CCNC(=NCCc1cn2cccc(C)c2n1)N(C)Cc1cc(Br)cn1C. The average molecular weight is 431 g/mol. The van der Waals surface area contributed by atoms with E-state index < -0.39 is 0 Å². The Morgan fingerprint density at radius 1 is 1.37 bits per heavy atom. The smallest absolute Gasteiger partial charge is 0.194 e. The Balaban J connectivity index is 1.67. The van der Waals surface area contributed by atoms with Crippen LogP contribution in [-0.2, 0) is 20.0 Å². The quantitative estimate of drug-likeness (QED) is 0.481. The average Bonchev–Trinajstić information content (AvgIpc) is 3.17. The third-order valence-corrected chi connectivity index (χ3v) is 4.96. The number of guanidine groups is 1. The zero-order valence-corrected chi connectivity index (χ0v) is 18.0. The molecule has 0 atom stereocenters. The molecular formula is C20H27BrN6. The Morgan fingerprint density at radius 2 is 2.19 bits per heavy atom. The Morgan fingerprint density at radius 3 is 2.85 bits per heavy atom. The number of hydrogen-bond donors (Lipinski definition) is 1. The number of nitrogens with zero attached hydrogens (tertiary/aromatic N) is 5. The third kappa shape index (κ3) is 4.71. The van der Waals surface area contributed by atoms with Gasteiger partial charge in [-0.2, -0.15) is 0 Å². The van der Waals surface area contributed by atoms with Gasteiger partial charge < -0.3 is 19.2 Å². The number of nitrogens with one attached hydrogen (secondary N) is 1. The third-order valence-electron chi connectivity index (χ3n) is 4.53. The van der Waals surface area contributed by atoms with Crippen molar-refractivity contribution < 1.29 is 0 Å². The Kier molecular flexibility index (Phi) is 6.21. The molecule has 0 fully saturated rings. The minimum atomic E-state index is 0.701. The number of rotatable bonds is 6. The van der Waals surface area contributed by atoms with E-state index in [-0.39, 0.29) is 0 Å². The molecule has 3 rings (SSSR count). The number of fused-ring (bicyclic) bond motifs is 1. The van der Waals surface area contributed by atoms with Crippen LogP contribution in [0.2, 0.25) is 0 Å². The van der Waals surface area contributed by atoms with Gasteiger partial charge in [-0.05, 0) is 47.5 Å². The number of hydrogen-bond acceptors (Lipinski definition) is 2. The summed E-state index contributed by atoms with van der Waals surface area (Å²) in [4.78, 5) is 11.7. The second-order valence-corrected chi connectivity index (χ2v) is 7.67. The van der Waals surface area contributed by atoms with Gasteiger partial charge in [0.2, 0.25) is 0 Å². The van der Waals surface area contributed by atoms with E-state index in [9.17, 15) is 0 Å². The van der Waals surface area contributed by atoms with Crippen molar-refractivity contribution in [2.24, 2.45) is 12.0 Å². The molecule has 0 aliphatic carbocycles. The summed E-state index contributed by atoms with van der Waals surface area (Å²) in [6.07, 6.45) is 7.02. The summed E-state index contributed by atoms with van der Waals surface area (Å²) in [7, 11) is 4.13. The molecule has 6 nitrogen and oxygen atoms in total. The van der Waals surface area contributed by atoms with Crippen LogP contribution in [-0.4, -0.2) is 44.9 Å². The highest BCUT2D eigenvalue weighted by atomic mass is 79.9. The molecule has 0 bridgehead atoms. The molecule has 0 aliphatic rings. The Hall–Kier alpha value is -2.28. The summed E-state index contributed by atoms with van der Waals surface area (Å²) in [5, 5.41) is 3.38. The minimum absolute atomic E-state index is 0.701. The topological polar surface area (TPSA) is 49.9 Å². The molecule has 7 heteroatoms. The van der Waals surface area contributed by atoms with E-state index >= 15 is 0 Å². The summed E-state index contributed by atoms with van der Waals surface area (Å²) >= 11 is 3.53. The summed E-state index contributed by atoms with van der Waals surface area (Å²) in [5.74, 6) is 0.912. The molecule has 0 spiro atoms. The second kappa shape index (κ2) is 8.61. The number of pyridine rings is 1. The van der Waals surface area contributed by atoms with Crippen molar-refractivity contribution in [3.63, 3.8) is 0 Å². The fourth-order valence-corrected chi connectivity index (χ4v) is 3.68. The highest BCUT2D eigenvalue weighted by Gasteiger charge is 2.10. The maximum Gasteiger partial charge on any atom is 0.194 e. The van der Waals surface area contributed by atoms with Gasteiger partial charge >= 0.3 is 0 Å². The van der Waals surface area contributed by atoms with Gasteiger partial charge in [0.25, 0.3) is 0 Å². The van der Waals surface area contributed by atoms with Crippen LogP contribution < -0.4 is 5.32 Å². The van der Waals surface area contributed by atoms with Gasteiger partial charge in [0, 0.05) is 62.4 Å². The van der Waals surface area contributed by atoms with E-state index in [1.807, 2.05) is 12.3 Å². The summed E-state index contributed by atoms with van der Waals surface area (Å²) in [6, 6.07) is 6.27. The first-order valence-electron chi connectivity index (χ1n) is 9.21. The zero-order chi connectivity index (χ0) is 19.4. The molecule has 0 unspecified atom stereocenters. The van der Waals surface area contributed by atoms with Crippen LogP contribution in [0.25, 0.3) is 5.65 Å². The highest BCUT2D eigenvalue weighted by Crippen LogP contribution is 2.15. The van der Waals surface area contributed by atoms with Crippen molar-refractivity contribution in [1.29, 1.82) is 0 Å². The van der Waals surface area contributed by atoms with Gasteiger partial charge in [0.05, 0.1) is 12.2 Å². The highest BCUT2D eigenvalue weighted by molar-refractivity contribution is 9.10. The molecule has 27 heavy (non-hydrogen) atoms. The molecule has 0 saturated carbocycles. The van der Waals surface area contributed by atoms with E-state index in [2.05, 4.69) is 87.6 Å². The molecule has 0 aromatic carbocycles. The zero-order valence-electron chi connectivity index (χ0n) is 16.4. The normalized spacial score (nSPS) is 12.0. The number of aryl methyl sites for hydroxylation is 2. The van der Waals surface area contributed by atoms with Gasteiger partial charge in [-0.3, -0.25) is 4.99 Å². The molecule has 0 aliphatic heterocycles. The molecule has 3 heterocycles. The molecule has 3 aromatic heterocycles. The molecule has 0 amide bonds. The monoisotopic (exact) mass is 430 g/mol. The fraction of sp³-hybridized carbons (Fsp3) is 0.400. The standard InChI is InChI=1S/C20H27BrN6/c1-5-22-20(26(4)14-18-11-16(21)12-25(18)3)23-9-8-17-13-27-10-6-7-15(2)19(27)24-17/h6-7,10-13H,5,8-9,14H2,1-4H3,(H,22,23). The molecule has 3 aromatic rings. The van der Waals surface area contributed by atoms with E-state index in [0.717, 1.165) is 41.3 Å². The lowest BCUT2D eigenvalue weighted by Gasteiger charge is -2.22. The summed E-state index contributed by atoms with van der Waals surface area (Å²) in [6.45, 7) is 6.51. The van der Waals surface area contributed by atoms with Crippen LogP contribution in [0, 0.1) is 6.92 Å². The van der Waals surface area contributed by atoms with E-state index in [1.165, 1.54) is 11.3 Å². The molecule has 1 N–H and O–H groups in total. The number of aliphatic imine (C=N–C) groups is 1. The first kappa shape index (κ1) is 19.5. The largest absolute Gasteiger partial charge is 0.357 e. The Labute approximate surface area is 169 Å². The van der Waals surface area contributed by atoms with Crippen molar-refractivity contribution in [1.82, 2.24) is 24.2 Å². The van der Waals surface area contributed by atoms with E-state index in [4.69, 9.17) is 9.98 Å². The second-order valence-electron chi connectivity index (χ2n) is 6.76. The lowest BCUT2D eigenvalue weighted by molar-refractivity contribution is 0.462. The maximum atomic E-state index is 4.80. The van der Waals surface area contributed by atoms with Crippen molar-refractivity contribution in [2.45, 2.75) is 26.8 Å². The predicted molar refractivity (Wildman–Crippen MR) is 114 cm³/mol. The van der Waals surface area contributed by atoms with E-state index in [1.54, 1.807) is 0 Å². The number of halogens is 1. The lowest BCUT2D eigenvalue weighted by Crippen LogP contribution is -2.39. The van der Waals surface area contributed by atoms with Crippen molar-refractivity contribution in [3.05, 3.63) is 58.2 Å². The Bertz CT molecular complexity index is 939. The molecule has 0 saturated heterocycles. The molecule has 144 valence electrons. The minimum Gasteiger partial charge on any atom is -0.357 e. The van der Waals surface area contributed by atoms with Crippen molar-refractivity contribution in [3.8, 4) is 0 Å². The summed E-state index contributed by atoms with van der Waals surface area (Å²) < 4.78 is 5.31. The van der Waals surface area contributed by atoms with Gasteiger partial charge in [0.1, 0.15) is 5.65 Å². The van der Waals surface area contributed by atoms with Crippen molar-refractivity contribution in [2.75, 3.05) is 20.1 Å². The van der Waals surface area contributed by atoms with Gasteiger partial charge in [0.15, 0.2) is 5.96 Å². The van der Waals surface area contributed by atoms with Crippen LogP contribution in [0.5, 0.6) is 0 Å². The van der Waals surface area contributed by atoms with Crippen LogP contribution in [0.1, 0.15) is 23.9 Å². The summed E-state index contributed by atoms with van der Waals surface area (Å²) in [5.41, 5.74) is 4.51. The lowest BCUT2D eigenvalue weighted by atomic mass is 10.3. The first-order valence-corrected chi connectivity index (χ1v) is 10.0. The van der Waals surface area contributed by atoms with Gasteiger partial charge in [-0.1, -0.05) is 6.07 Å². The molecular weight excluding hydrogens is 404 g/mol. The molecule has 0 radical (unpaired) electrons. The number of imidazole rings is 1.